The van der Waals surface area contributed by atoms with E-state index in [1.807, 2.05) is 12.1 Å². The molecule has 1 saturated heterocycles. The van der Waals surface area contributed by atoms with Gasteiger partial charge in [-0.15, -0.1) is 11.8 Å². The SMILES string of the molecule is CCOC(=O)C(C)(C)Nc1ccc(CNC(=O)C2SCCN2C(=O)C[C@H](N)Cc2cc(F)c(F)cc2F)cc1. The molecule has 1 aliphatic heterocycles. The summed E-state index contributed by atoms with van der Waals surface area (Å²) in [6.45, 7) is 6.05. The minimum atomic E-state index is -1.30. The molecule has 1 fully saturated rings. The molecule has 212 valence electrons. The number of nitrogens with one attached hydrogen (secondary N) is 2. The highest BCUT2D eigenvalue weighted by Crippen LogP contribution is 2.26. The molecule has 2 atom stereocenters. The van der Waals surface area contributed by atoms with Crippen LogP contribution in [-0.2, 0) is 32.1 Å². The standard InChI is InChI=1S/C27H33F3N4O4S/c1-4-38-26(37)27(2,3)33-19-7-5-16(6-8-19)15-32-24(36)25-34(9-10-39-25)23(35)13-18(31)11-17-12-21(29)22(30)14-20(17)28/h5-8,12,14,18,25,33H,4,9-11,13,15,31H2,1-3H3,(H,32,36)/t18-,25?/m1/s1. The van der Waals surface area contributed by atoms with E-state index in [2.05, 4.69) is 10.6 Å². The molecule has 1 aliphatic rings. The number of benzene rings is 2. The smallest absolute Gasteiger partial charge is 0.331 e. The number of nitrogens with zero attached hydrogens (tertiary/aromatic N) is 1. The Bertz CT molecular complexity index is 1200. The Hall–Kier alpha value is -3.25. The summed E-state index contributed by atoms with van der Waals surface area (Å²) in [6.07, 6.45) is -0.339. The lowest BCUT2D eigenvalue weighted by atomic mass is 10.0. The number of amides is 2. The fraction of sp³-hybridized carbons (Fsp3) is 0.444. The second kappa shape index (κ2) is 13.2. The molecule has 39 heavy (non-hydrogen) atoms. The maximum atomic E-state index is 13.9. The molecule has 0 bridgehead atoms. The summed E-state index contributed by atoms with van der Waals surface area (Å²) in [7, 11) is 0. The molecule has 1 unspecified atom stereocenters. The average molecular weight is 567 g/mol. The molecule has 8 nitrogen and oxygen atoms in total. The monoisotopic (exact) mass is 566 g/mol. The summed E-state index contributed by atoms with van der Waals surface area (Å²) in [6, 6.07) is 7.55. The van der Waals surface area contributed by atoms with Crippen LogP contribution in [0.15, 0.2) is 36.4 Å². The molecule has 3 rings (SSSR count). The van der Waals surface area contributed by atoms with E-state index in [0.29, 0.717) is 24.1 Å². The van der Waals surface area contributed by atoms with Crippen molar-refractivity contribution >= 4 is 35.2 Å². The van der Waals surface area contributed by atoms with Gasteiger partial charge >= 0.3 is 5.97 Å². The quantitative estimate of drug-likeness (QED) is 0.283. The van der Waals surface area contributed by atoms with Crippen LogP contribution < -0.4 is 16.4 Å². The number of carbonyl (C=O) groups excluding carboxylic acids is 3. The van der Waals surface area contributed by atoms with Crippen molar-refractivity contribution in [2.24, 2.45) is 5.73 Å². The van der Waals surface area contributed by atoms with E-state index < -0.39 is 34.4 Å². The lowest BCUT2D eigenvalue weighted by Crippen LogP contribution is -2.46. The largest absolute Gasteiger partial charge is 0.464 e. The summed E-state index contributed by atoms with van der Waals surface area (Å²) in [5.74, 6) is -3.94. The van der Waals surface area contributed by atoms with Crippen molar-refractivity contribution < 1.29 is 32.3 Å². The second-order valence-corrected chi connectivity index (χ2v) is 10.9. The molecule has 2 aromatic rings. The van der Waals surface area contributed by atoms with Gasteiger partial charge in [0.25, 0.3) is 5.91 Å². The molecule has 4 N–H and O–H groups in total. The zero-order valence-electron chi connectivity index (χ0n) is 22.1. The van der Waals surface area contributed by atoms with Crippen molar-refractivity contribution in [3.05, 3.63) is 65.0 Å². The zero-order chi connectivity index (χ0) is 28.7. The molecule has 2 aromatic carbocycles. The topological polar surface area (TPSA) is 114 Å². The minimum Gasteiger partial charge on any atom is -0.464 e. The van der Waals surface area contributed by atoms with Crippen LogP contribution in [-0.4, -0.2) is 58.5 Å². The molecular formula is C27H33F3N4O4S. The van der Waals surface area contributed by atoms with Gasteiger partial charge in [0.1, 0.15) is 11.4 Å². The van der Waals surface area contributed by atoms with Crippen LogP contribution >= 0.6 is 11.8 Å². The van der Waals surface area contributed by atoms with Crippen LogP contribution in [0.25, 0.3) is 0 Å². The summed E-state index contributed by atoms with van der Waals surface area (Å²) >= 11 is 1.32. The van der Waals surface area contributed by atoms with E-state index in [9.17, 15) is 27.6 Å². The van der Waals surface area contributed by atoms with E-state index in [1.165, 1.54) is 16.7 Å². The van der Waals surface area contributed by atoms with Crippen LogP contribution in [0.1, 0.15) is 38.3 Å². The average Bonchev–Trinajstić information content (AvgIpc) is 3.37. The van der Waals surface area contributed by atoms with Crippen molar-refractivity contribution in [1.82, 2.24) is 10.2 Å². The third-order valence-corrected chi connectivity index (χ3v) is 7.31. The van der Waals surface area contributed by atoms with E-state index in [-0.39, 0.29) is 49.3 Å². The number of ether oxygens (including phenoxy) is 1. The highest BCUT2D eigenvalue weighted by Gasteiger charge is 2.35. The Balaban J connectivity index is 1.52. The third-order valence-electron chi connectivity index (χ3n) is 6.11. The number of carbonyl (C=O) groups is 3. The highest BCUT2D eigenvalue weighted by atomic mass is 32.2. The maximum Gasteiger partial charge on any atom is 0.331 e. The van der Waals surface area contributed by atoms with Gasteiger partial charge in [-0.2, -0.15) is 0 Å². The molecular weight excluding hydrogens is 533 g/mol. The Morgan fingerprint density at radius 1 is 1.13 bits per heavy atom. The Morgan fingerprint density at radius 2 is 1.79 bits per heavy atom. The lowest BCUT2D eigenvalue weighted by molar-refractivity contribution is -0.147. The van der Waals surface area contributed by atoms with E-state index in [4.69, 9.17) is 10.5 Å². The molecule has 2 amide bonds. The molecule has 1 heterocycles. The fourth-order valence-corrected chi connectivity index (χ4v) is 5.23. The van der Waals surface area contributed by atoms with E-state index in [0.717, 1.165) is 11.6 Å². The lowest BCUT2D eigenvalue weighted by Gasteiger charge is -2.25. The minimum absolute atomic E-state index is 0.120. The van der Waals surface area contributed by atoms with Gasteiger partial charge in [0.05, 0.1) is 6.61 Å². The number of thioether (sulfide) groups is 1. The van der Waals surface area contributed by atoms with Crippen molar-refractivity contribution in [2.45, 2.75) is 57.1 Å². The first-order valence-corrected chi connectivity index (χ1v) is 13.6. The molecule has 0 aliphatic carbocycles. The number of esters is 1. The summed E-state index contributed by atoms with van der Waals surface area (Å²) < 4.78 is 45.6. The van der Waals surface area contributed by atoms with Crippen LogP contribution in [0, 0.1) is 17.5 Å². The van der Waals surface area contributed by atoms with Crippen LogP contribution in [0.2, 0.25) is 0 Å². The van der Waals surface area contributed by atoms with Crippen LogP contribution in [0.5, 0.6) is 0 Å². The summed E-state index contributed by atoms with van der Waals surface area (Å²) in [4.78, 5) is 39.2. The first-order valence-electron chi connectivity index (χ1n) is 12.5. The van der Waals surface area contributed by atoms with Crippen LogP contribution in [0.4, 0.5) is 18.9 Å². The first kappa shape index (κ1) is 30.3. The Labute approximate surface area is 229 Å². The number of anilines is 1. The Morgan fingerprint density at radius 3 is 2.46 bits per heavy atom. The van der Waals surface area contributed by atoms with Gasteiger partial charge in [-0.05, 0) is 56.5 Å². The van der Waals surface area contributed by atoms with Gasteiger partial charge in [-0.25, -0.2) is 18.0 Å². The van der Waals surface area contributed by atoms with Gasteiger partial charge in [-0.1, -0.05) is 12.1 Å². The normalized spacial score (nSPS) is 16.1. The van der Waals surface area contributed by atoms with Gasteiger partial charge in [0.2, 0.25) is 5.91 Å². The van der Waals surface area contributed by atoms with Gasteiger partial charge < -0.3 is 26.0 Å². The summed E-state index contributed by atoms with van der Waals surface area (Å²) in [5.41, 5.74) is 6.50. The molecule has 0 aromatic heterocycles. The van der Waals surface area contributed by atoms with Crippen molar-refractivity contribution in [3.8, 4) is 0 Å². The predicted molar refractivity (Wildman–Crippen MR) is 143 cm³/mol. The van der Waals surface area contributed by atoms with Crippen LogP contribution in [0.3, 0.4) is 0 Å². The summed E-state index contributed by atoms with van der Waals surface area (Å²) in [5, 5.41) is 5.22. The molecule has 0 spiro atoms. The second-order valence-electron chi connectivity index (χ2n) is 9.72. The fourth-order valence-electron chi connectivity index (χ4n) is 4.06. The number of hydrogen-bond donors (Lipinski definition) is 3. The van der Waals surface area contributed by atoms with Gasteiger partial charge in [0.15, 0.2) is 17.0 Å². The number of rotatable bonds is 11. The maximum absolute atomic E-state index is 13.9. The number of halogens is 3. The highest BCUT2D eigenvalue weighted by molar-refractivity contribution is 8.00. The number of hydrogen-bond acceptors (Lipinski definition) is 7. The third kappa shape index (κ3) is 8.12. The van der Waals surface area contributed by atoms with Crippen molar-refractivity contribution in [2.75, 3.05) is 24.2 Å². The molecule has 0 radical (unpaired) electrons. The number of nitrogens with two attached hydrogens (primary N) is 1. The molecule has 0 saturated carbocycles. The zero-order valence-corrected chi connectivity index (χ0v) is 22.9. The van der Waals surface area contributed by atoms with E-state index >= 15 is 0 Å². The van der Waals surface area contributed by atoms with E-state index in [1.54, 1.807) is 32.9 Å². The van der Waals surface area contributed by atoms with Gasteiger partial charge in [-0.3, -0.25) is 9.59 Å². The Kier molecular flexibility index (Phi) is 10.3. The predicted octanol–water partition coefficient (Wildman–Crippen LogP) is 3.34. The first-order chi connectivity index (χ1) is 18.4. The van der Waals surface area contributed by atoms with Crippen molar-refractivity contribution in [3.63, 3.8) is 0 Å². The van der Waals surface area contributed by atoms with Gasteiger partial charge in [0, 0.05) is 43.1 Å². The van der Waals surface area contributed by atoms with Crippen molar-refractivity contribution in [1.29, 1.82) is 0 Å². The molecule has 12 heteroatoms.